The number of nitrogens with zero attached hydrogens (tertiary/aromatic N) is 3. The predicted octanol–water partition coefficient (Wildman–Crippen LogP) is 4.67. The summed E-state index contributed by atoms with van der Waals surface area (Å²) in [5.41, 5.74) is 0.721. The molecule has 0 aliphatic carbocycles. The molecule has 6 heteroatoms. The molecule has 0 fully saturated rings. The van der Waals surface area contributed by atoms with Crippen molar-refractivity contribution in [2.75, 3.05) is 5.32 Å². The molecule has 2 aromatic rings. The molecule has 0 saturated heterocycles. The smallest absolute Gasteiger partial charge is 0.137 e. The number of anilines is 1. The summed E-state index contributed by atoms with van der Waals surface area (Å²) in [5, 5.41) is 4.95. The molecule has 0 amide bonds. The Labute approximate surface area is 135 Å². The number of thiazole rings is 1. The topological polar surface area (TPSA) is 50.7 Å². The van der Waals surface area contributed by atoms with E-state index >= 15 is 0 Å². The number of aromatic nitrogens is 3. The van der Waals surface area contributed by atoms with Gasteiger partial charge < -0.3 is 5.32 Å². The Morgan fingerprint density at radius 3 is 2.43 bits per heavy atom. The standard InChI is InChI=1S/C15H21ClN4S/c1-8-7-17-13(21-8)10(3)18-12-9(2)11(16)19-14(20-12)15(4,5)6/h7,10H,1-6H3,(H,18,19,20). The van der Waals surface area contributed by atoms with Crippen LogP contribution in [0.1, 0.15) is 55.0 Å². The predicted molar refractivity (Wildman–Crippen MR) is 89.4 cm³/mol. The van der Waals surface area contributed by atoms with Crippen LogP contribution in [0.15, 0.2) is 6.20 Å². The Kier molecular flexibility index (Phi) is 4.54. The lowest BCUT2D eigenvalue weighted by Crippen LogP contribution is -2.19. The van der Waals surface area contributed by atoms with E-state index in [-0.39, 0.29) is 11.5 Å². The molecule has 0 aliphatic rings. The Morgan fingerprint density at radius 1 is 1.24 bits per heavy atom. The summed E-state index contributed by atoms with van der Waals surface area (Å²) in [6.07, 6.45) is 1.89. The van der Waals surface area contributed by atoms with Gasteiger partial charge in [-0.3, -0.25) is 0 Å². The zero-order chi connectivity index (χ0) is 15.8. The van der Waals surface area contributed by atoms with Crippen LogP contribution in [0.4, 0.5) is 5.82 Å². The maximum Gasteiger partial charge on any atom is 0.137 e. The van der Waals surface area contributed by atoms with Crippen LogP contribution in [0.25, 0.3) is 0 Å². The first kappa shape index (κ1) is 16.2. The molecule has 0 saturated carbocycles. The van der Waals surface area contributed by atoms with E-state index in [1.165, 1.54) is 4.88 Å². The molecule has 0 aliphatic heterocycles. The van der Waals surface area contributed by atoms with Gasteiger partial charge in [0.15, 0.2) is 0 Å². The van der Waals surface area contributed by atoms with Crippen molar-refractivity contribution >= 4 is 28.8 Å². The lowest BCUT2D eigenvalue weighted by atomic mass is 9.95. The van der Waals surface area contributed by atoms with E-state index in [9.17, 15) is 0 Å². The Hall–Kier alpha value is -1.20. The summed E-state index contributed by atoms with van der Waals surface area (Å²) >= 11 is 7.94. The Bertz CT molecular complexity index is 646. The van der Waals surface area contributed by atoms with E-state index in [0.717, 1.165) is 22.2 Å². The molecule has 0 bridgehead atoms. The van der Waals surface area contributed by atoms with Crippen molar-refractivity contribution in [3.63, 3.8) is 0 Å². The van der Waals surface area contributed by atoms with Gasteiger partial charge in [-0.15, -0.1) is 11.3 Å². The van der Waals surface area contributed by atoms with Crippen molar-refractivity contribution < 1.29 is 0 Å². The average molecular weight is 325 g/mol. The van der Waals surface area contributed by atoms with Crippen LogP contribution in [-0.4, -0.2) is 15.0 Å². The van der Waals surface area contributed by atoms with Gasteiger partial charge >= 0.3 is 0 Å². The van der Waals surface area contributed by atoms with Crippen LogP contribution in [-0.2, 0) is 5.41 Å². The lowest BCUT2D eigenvalue weighted by Gasteiger charge is -2.21. The third-order valence-electron chi connectivity index (χ3n) is 3.12. The molecule has 0 aromatic carbocycles. The van der Waals surface area contributed by atoms with Crippen LogP contribution in [0.2, 0.25) is 5.15 Å². The van der Waals surface area contributed by atoms with Gasteiger partial charge in [-0.1, -0.05) is 32.4 Å². The van der Waals surface area contributed by atoms with E-state index < -0.39 is 0 Å². The van der Waals surface area contributed by atoms with E-state index in [1.54, 1.807) is 11.3 Å². The highest BCUT2D eigenvalue weighted by Gasteiger charge is 2.21. The van der Waals surface area contributed by atoms with Crippen LogP contribution < -0.4 is 5.32 Å². The van der Waals surface area contributed by atoms with Gasteiger partial charge in [0.25, 0.3) is 0 Å². The van der Waals surface area contributed by atoms with Crippen LogP contribution in [0, 0.1) is 13.8 Å². The summed E-state index contributed by atoms with van der Waals surface area (Å²) in [6, 6.07) is 0.0844. The first-order chi connectivity index (χ1) is 9.68. The number of aryl methyl sites for hydroxylation is 1. The van der Waals surface area contributed by atoms with Gasteiger partial charge in [-0.05, 0) is 20.8 Å². The second kappa shape index (κ2) is 5.89. The maximum absolute atomic E-state index is 6.25. The quantitative estimate of drug-likeness (QED) is 0.833. The highest BCUT2D eigenvalue weighted by molar-refractivity contribution is 7.11. The van der Waals surface area contributed by atoms with Crippen LogP contribution in [0.5, 0.6) is 0 Å². The molecular weight excluding hydrogens is 304 g/mol. The van der Waals surface area contributed by atoms with Crippen molar-refractivity contribution in [2.24, 2.45) is 0 Å². The molecule has 1 unspecified atom stereocenters. The molecule has 4 nitrogen and oxygen atoms in total. The van der Waals surface area contributed by atoms with Gasteiger partial charge in [0.05, 0.1) is 6.04 Å². The monoisotopic (exact) mass is 324 g/mol. The minimum Gasteiger partial charge on any atom is -0.361 e. The third-order valence-corrected chi connectivity index (χ3v) is 4.58. The van der Waals surface area contributed by atoms with E-state index in [4.69, 9.17) is 11.6 Å². The largest absolute Gasteiger partial charge is 0.361 e. The Morgan fingerprint density at radius 2 is 1.90 bits per heavy atom. The SMILES string of the molecule is Cc1cnc(C(C)Nc2nc(C(C)(C)C)nc(Cl)c2C)s1. The molecule has 1 N–H and O–H groups in total. The number of nitrogens with one attached hydrogen (secondary N) is 1. The summed E-state index contributed by atoms with van der Waals surface area (Å²) in [5.74, 6) is 1.52. The van der Waals surface area contributed by atoms with Crippen LogP contribution >= 0.6 is 22.9 Å². The van der Waals surface area contributed by atoms with Gasteiger partial charge in [-0.25, -0.2) is 15.0 Å². The minimum atomic E-state index is -0.144. The van der Waals surface area contributed by atoms with Gasteiger partial charge in [0, 0.05) is 22.1 Å². The molecule has 21 heavy (non-hydrogen) atoms. The zero-order valence-corrected chi connectivity index (χ0v) is 14.9. The number of rotatable bonds is 3. The number of hydrogen-bond donors (Lipinski definition) is 1. The van der Waals surface area contributed by atoms with E-state index in [1.807, 2.05) is 13.1 Å². The lowest BCUT2D eigenvalue weighted by molar-refractivity contribution is 0.545. The fourth-order valence-corrected chi connectivity index (χ4v) is 2.75. The average Bonchev–Trinajstić information content (AvgIpc) is 2.80. The van der Waals surface area contributed by atoms with E-state index in [2.05, 4.69) is 54.9 Å². The highest BCUT2D eigenvalue weighted by atomic mass is 35.5. The van der Waals surface area contributed by atoms with Crippen molar-refractivity contribution in [3.8, 4) is 0 Å². The first-order valence-corrected chi connectivity index (χ1v) is 8.11. The molecule has 2 heterocycles. The van der Waals surface area contributed by atoms with Crippen molar-refractivity contribution in [1.82, 2.24) is 15.0 Å². The zero-order valence-electron chi connectivity index (χ0n) is 13.3. The minimum absolute atomic E-state index is 0.0844. The van der Waals surface area contributed by atoms with E-state index in [0.29, 0.717) is 5.15 Å². The maximum atomic E-state index is 6.25. The Balaban J connectivity index is 2.33. The fourth-order valence-electron chi connectivity index (χ4n) is 1.80. The number of halogens is 1. The summed E-state index contributed by atoms with van der Waals surface area (Å²) in [7, 11) is 0. The van der Waals surface area contributed by atoms with Crippen molar-refractivity contribution in [2.45, 2.75) is 53.0 Å². The molecule has 2 aromatic heterocycles. The van der Waals surface area contributed by atoms with Crippen molar-refractivity contribution in [1.29, 1.82) is 0 Å². The second-order valence-corrected chi connectivity index (χ2v) is 7.86. The molecule has 0 spiro atoms. The summed E-state index contributed by atoms with van der Waals surface area (Å²) < 4.78 is 0. The van der Waals surface area contributed by atoms with Crippen LogP contribution in [0.3, 0.4) is 0 Å². The molecular formula is C15H21ClN4S. The third kappa shape index (κ3) is 3.71. The van der Waals surface area contributed by atoms with Gasteiger partial charge in [-0.2, -0.15) is 0 Å². The molecule has 1 atom stereocenters. The molecule has 114 valence electrons. The highest BCUT2D eigenvalue weighted by Crippen LogP contribution is 2.29. The normalized spacial score (nSPS) is 13.3. The summed E-state index contributed by atoms with van der Waals surface area (Å²) in [4.78, 5) is 14.7. The van der Waals surface area contributed by atoms with Gasteiger partial charge in [0.2, 0.25) is 0 Å². The number of hydrogen-bond acceptors (Lipinski definition) is 5. The second-order valence-electron chi connectivity index (χ2n) is 6.24. The first-order valence-electron chi connectivity index (χ1n) is 6.92. The summed E-state index contributed by atoms with van der Waals surface area (Å²) in [6.45, 7) is 12.3. The van der Waals surface area contributed by atoms with Crippen molar-refractivity contribution in [3.05, 3.63) is 32.6 Å². The van der Waals surface area contributed by atoms with Gasteiger partial charge in [0.1, 0.15) is 21.8 Å². The molecule has 0 radical (unpaired) electrons. The molecule has 2 rings (SSSR count). The fraction of sp³-hybridized carbons (Fsp3) is 0.533.